The fourth-order valence-electron chi connectivity index (χ4n) is 3.76. The highest BCUT2D eigenvalue weighted by Gasteiger charge is 2.34. The summed E-state index contributed by atoms with van der Waals surface area (Å²) in [6, 6.07) is 10.8. The zero-order chi connectivity index (χ0) is 28.3. The summed E-state index contributed by atoms with van der Waals surface area (Å²) in [5.74, 6) is -1.70. The second-order valence-corrected chi connectivity index (χ2v) is 12.3. The maximum absolute atomic E-state index is 14.8. The number of rotatable bonds is 8. The van der Waals surface area contributed by atoms with E-state index in [1.807, 2.05) is 0 Å². The number of sulfone groups is 1. The van der Waals surface area contributed by atoms with E-state index in [1.165, 1.54) is 47.5 Å². The SMILES string of the molecule is CC(C)(C)N(CCNC(=S)c1ccc(C(c2cc(F)ccc2F)S(=O)(=O)c2ccc(Cl)cc2)nc1)C(=O)O. The standard InChI is InChI=1S/C26H26ClF2N3O4S2/c1-26(2,3)32(25(33)34)13-12-30-24(37)16-4-11-22(31-15-16)23(20-14-18(28)7-10-21(20)29)38(35,36)19-8-5-17(27)6-9-19/h4-11,14-15,23H,12-13H2,1-3H3,(H,30,37)(H,33,34). The van der Waals surface area contributed by atoms with Crippen molar-refractivity contribution in [3.63, 3.8) is 0 Å². The fourth-order valence-corrected chi connectivity index (χ4v) is 5.87. The van der Waals surface area contributed by atoms with Crippen LogP contribution in [0.15, 0.2) is 65.7 Å². The highest BCUT2D eigenvalue weighted by atomic mass is 35.5. The van der Waals surface area contributed by atoms with E-state index in [4.69, 9.17) is 23.8 Å². The van der Waals surface area contributed by atoms with Gasteiger partial charge in [0.1, 0.15) is 21.9 Å². The third kappa shape index (κ3) is 6.83. The minimum Gasteiger partial charge on any atom is -0.465 e. The number of nitrogens with one attached hydrogen (secondary N) is 1. The van der Waals surface area contributed by atoms with Gasteiger partial charge in [-0.05, 0) is 75.4 Å². The van der Waals surface area contributed by atoms with Crippen LogP contribution in [0.5, 0.6) is 0 Å². The van der Waals surface area contributed by atoms with Crippen molar-refractivity contribution < 1.29 is 27.1 Å². The molecule has 12 heteroatoms. The lowest BCUT2D eigenvalue weighted by molar-refractivity contribution is 0.102. The monoisotopic (exact) mass is 581 g/mol. The Bertz CT molecular complexity index is 1430. The second kappa shape index (κ2) is 11.7. The molecule has 0 saturated carbocycles. The number of benzene rings is 2. The maximum atomic E-state index is 14.8. The van der Waals surface area contributed by atoms with Gasteiger partial charge in [-0.25, -0.2) is 22.0 Å². The van der Waals surface area contributed by atoms with E-state index in [0.29, 0.717) is 10.6 Å². The third-order valence-electron chi connectivity index (χ3n) is 5.67. The molecule has 3 aromatic rings. The smallest absolute Gasteiger partial charge is 0.407 e. The van der Waals surface area contributed by atoms with Crippen LogP contribution in [0.1, 0.15) is 42.8 Å². The Morgan fingerprint density at radius 2 is 1.79 bits per heavy atom. The molecule has 0 spiro atoms. The predicted molar refractivity (Wildman–Crippen MR) is 145 cm³/mol. The highest BCUT2D eigenvalue weighted by Crippen LogP contribution is 2.36. The summed E-state index contributed by atoms with van der Waals surface area (Å²) in [6.45, 7) is 5.73. The molecule has 0 fully saturated rings. The maximum Gasteiger partial charge on any atom is 0.407 e. The van der Waals surface area contributed by atoms with Crippen molar-refractivity contribution in [3.8, 4) is 0 Å². The largest absolute Gasteiger partial charge is 0.465 e. The lowest BCUT2D eigenvalue weighted by atomic mass is 10.1. The van der Waals surface area contributed by atoms with Crippen molar-refractivity contribution >= 4 is 44.7 Å². The van der Waals surface area contributed by atoms with Crippen LogP contribution in [0, 0.1) is 11.6 Å². The summed E-state index contributed by atoms with van der Waals surface area (Å²) in [7, 11) is -4.28. The average molecular weight is 582 g/mol. The number of aromatic nitrogens is 1. The summed E-state index contributed by atoms with van der Waals surface area (Å²) in [5.41, 5.74) is -0.601. The quantitative estimate of drug-likeness (QED) is 0.333. The Kier molecular flexibility index (Phi) is 9.06. The Hall–Kier alpha value is -3.15. The molecule has 2 aromatic carbocycles. The van der Waals surface area contributed by atoms with Crippen LogP contribution < -0.4 is 5.32 Å². The second-order valence-electron chi connectivity index (χ2n) is 9.38. The molecule has 7 nitrogen and oxygen atoms in total. The first-order chi connectivity index (χ1) is 17.7. The highest BCUT2D eigenvalue weighted by molar-refractivity contribution is 7.91. The Balaban J connectivity index is 1.91. The number of pyridine rings is 1. The van der Waals surface area contributed by atoms with Crippen molar-refractivity contribution in [3.05, 3.63) is 94.3 Å². The molecule has 2 N–H and O–H groups in total. The summed E-state index contributed by atoms with van der Waals surface area (Å²) in [6.07, 6.45) is 0.263. The normalized spacial score (nSPS) is 12.6. The number of hydrogen-bond donors (Lipinski definition) is 2. The van der Waals surface area contributed by atoms with Crippen molar-refractivity contribution in [1.29, 1.82) is 0 Å². The van der Waals surface area contributed by atoms with Gasteiger partial charge < -0.3 is 15.3 Å². The molecule has 1 amide bonds. The van der Waals surface area contributed by atoms with Gasteiger partial charge in [-0.15, -0.1) is 0 Å². The molecule has 38 heavy (non-hydrogen) atoms. The van der Waals surface area contributed by atoms with E-state index >= 15 is 0 Å². The van der Waals surface area contributed by atoms with Crippen LogP contribution in [0.3, 0.4) is 0 Å². The Morgan fingerprint density at radius 1 is 1.13 bits per heavy atom. The number of carbonyl (C=O) groups is 1. The van der Waals surface area contributed by atoms with E-state index in [9.17, 15) is 27.1 Å². The van der Waals surface area contributed by atoms with Gasteiger partial charge in [0, 0.05) is 41.0 Å². The van der Waals surface area contributed by atoms with Gasteiger partial charge >= 0.3 is 6.09 Å². The number of amides is 1. The Labute approximate surface area is 230 Å². The van der Waals surface area contributed by atoms with E-state index in [0.717, 1.165) is 18.2 Å². The molecule has 0 aliphatic heterocycles. The average Bonchev–Trinajstić information content (AvgIpc) is 2.83. The van der Waals surface area contributed by atoms with Crippen molar-refractivity contribution in [1.82, 2.24) is 15.2 Å². The van der Waals surface area contributed by atoms with Crippen LogP contribution in [-0.2, 0) is 9.84 Å². The molecule has 202 valence electrons. The first-order valence-electron chi connectivity index (χ1n) is 11.4. The topological polar surface area (TPSA) is 99.6 Å². The minimum absolute atomic E-state index is 0.0409. The molecule has 3 rings (SSSR count). The van der Waals surface area contributed by atoms with Gasteiger partial charge in [0.15, 0.2) is 9.84 Å². The molecule has 1 heterocycles. The molecule has 1 atom stereocenters. The van der Waals surface area contributed by atoms with E-state index in [-0.39, 0.29) is 28.7 Å². The number of carboxylic acid groups (broad SMARTS) is 1. The van der Waals surface area contributed by atoms with Crippen molar-refractivity contribution in [2.45, 2.75) is 36.5 Å². The predicted octanol–water partition coefficient (Wildman–Crippen LogP) is 5.62. The zero-order valence-corrected chi connectivity index (χ0v) is 23.2. The first-order valence-corrected chi connectivity index (χ1v) is 13.7. The lowest BCUT2D eigenvalue weighted by Gasteiger charge is -2.33. The third-order valence-corrected chi connectivity index (χ3v) is 8.35. The molecule has 0 radical (unpaired) electrons. The van der Waals surface area contributed by atoms with E-state index in [2.05, 4.69) is 10.3 Å². The molecular formula is C26H26ClF2N3O4S2. The molecule has 1 aromatic heterocycles. The molecule has 1 unspecified atom stereocenters. The summed E-state index contributed by atoms with van der Waals surface area (Å²) in [4.78, 5) is 17.1. The molecule has 0 bridgehead atoms. The number of hydrogen-bond acceptors (Lipinski definition) is 5. The zero-order valence-electron chi connectivity index (χ0n) is 20.8. The van der Waals surface area contributed by atoms with Crippen LogP contribution in [0.4, 0.5) is 13.6 Å². The summed E-state index contributed by atoms with van der Waals surface area (Å²) >= 11 is 11.3. The van der Waals surface area contributed by atoms with Crippen LogP contribution in [0.25, 0.3) is 0 Å². The van der Waals surface area contributed by atoms with Gasteiger partial charge in [0.05, 0.1) is 10.6 Å². The van der Waals surface area contributed by atoms with Gasteiger partial charge in [-0.1, -0.05) is 23.8 Å². The van der Waals surface area contributed by atoms with E-state index in [1.54, 1.807) is 20.8 Å². The van der Waals surface area contributed by atoms with Crippen molar-refractivity contribution in [2.75, 3.05) is 13.1 Å². The molecule has 0 saturated heterocycles. The van der Waals surface area contributed by atoms with Gasteiger partial charge in [0.2, 0.25) is 0 Å². The first kappa shape index (κ1) is 29.4. The van der Waals surface area contributed by atoms with Gasteiger partial charge in [-0.2, -0.15) is 0 Å². The molecule has 0 aliphatic carbocycles. The molecule has 0 aliphatic rings. The fraction of sp³-hybridized carbons (Fsp3) is 0.269. The van der Waals surface area contributed by atoms with Crippen LogP contribution in [-0.4, -0.2) is 53.1 Å². The summed E-state index contributed by atoms with van der Waals surface area (Å²) < 4.78 is 56.1. The van der Waals surface area contributed by atoms with E-state index < -0.39 is 43.9 Å². The van der Waals surface area contributed by atoms with Crippen LogP contribution in [0.2, 0.25) is 5.02 Å². The molecular weight excluding hydrogens is 556 g/mol. The number of nitrogens with zero attached hydrogens (tertiary/aromatic N) is 2. The van der Waals surface area contributed by atoms with Crippen molar-refractivity contribution in [2.24, 2.45) is 0 Å². The van der Waals surface area contributed by atoms with Gasteiger partial charge in [-0.3, -0.25) is 4.98 Å². The number of halogens is 3. The Morgan fingerprint density at radius 3 is 2.34 bits per heavy atom. The summed E-state index contributed by atoms with van der Waals surface area (Å²) in [5, 5.41) is 11.0. The minimum atomic E-state index is -4.28. The number of thiocarbonyl (C=S) groups is 1. The van der Waals surface area contributed by atoms with Gasteiger partial charge in [0.25, 0.3) is 0 Å². The van der Waals surface area contributed by atoms with Crippen LogP contribution >= 0.6 is 23.8 Å². The lowest BCUT2D eigenvalue weighted by Crippen LogP contribution is -2.48.